The Kier molecular flexibility index (Phi) is 5.24. The number of halogens is 1. The van der Waals surface area contributed by atoms with Crippen LogP contribution < -0.4 is 4.90 Å². The zero-order valence-electron chi connectivity index (χ0n) is 12.6. The van der Waals surface area contributed by atoms with E-state index in [4.69, 9.17) is 11.6 Å². The largest absolute Gasteiger partial charge is 0.356 e. The first-order chi connectivity index (χ1) is 10.2. The van der Waals surface area contributed by atoms with E-state index in [1.165, 1.54) is 45.3 Å². The summed E-state index contributed by atoms with van der Waals surface area (Å²) in [6.07, 6.45) is 7.27. The Bertz CT molecular complexity index is 471. The second-order valence-electron chi connectivity index (χ2n) is 5.97. The summed E-state index contributed by atoms with van der Waals surface area (Å²) in [5, 5.41) is 1.31. The normalized spacial score (nSPS) is 21.1. The van der Waals surface area contributed by atoms with Crippen molar-refractivity contribution >= 4 is 29.2 Å². The third-order valence-electron chi connectivity index (χ3n) is 4.50. The van der Waals surface area contributed by atoms with Crippen LogP contribution in [0.25, 0.3) is 0 Å². The second kappa shape index (κ2) is 7.16. The van der Waals surface area contributed by atoms with Crippen molar-refractivity contribution in [2.24, 2.45) is 5.92 Å². The summed E-state index contributed by atoms with van der Waals surface area (Å²) in [4.78, 5) is 13.8. The van der Waals surface area contributed by atoms with Gasteiger partial charge in [-0.2, -0.15) is 0 Å². The van der Waals surface area contributed by atoms with Crippen molar-refractivity contribution < 1.29 is 0 Å². The highest BCUT2D eigenvalue weighted by molar-refractivity contribution is 7.98. The predicted octanol–water partition coefficient (Wildman–Crippen LogP) is 3.16. The average molecular weight is 327 g/mol. The summed E-state index contributed by atoms with van der Waals surface area (Å²) >= 11 is 7.64. The molecule has 3 rings (SSSR count). The molecule has 1 aromatic heterocycles. The summed E-state index contributed by atoms with van der Waals surface area (Å²) in [5.41, 5.74) is 0. The number of anilines is 1. The maximum absolute atomic E-state index is 6.09. The number of hydrogen-bond acceptors (Lipinski definition) is 5. The van der Waals surface area contributed by atoms with E-state index in [9.17, 15) is 0 Å². The van der Waals surface area contributed by atoms with Crippen molar-refractivity contribution in [2.75, 3.05) is 43.9 Å². The van der Waals surface area contributed by atoms with Crippen LogP contribution in [0.5, 0.6) is 0 Å². The van der Waals surface area contributed by atoms with Gasteiger partial charge in [0.05, 0.1) is 0 Å². The number of nitrogens with zero attached hydrogens (tertiary/aromatic N) is 4. The number of likely N-dealkylation sites (tertiary alicyclic amines) is 1. The third-order valence-corrected chi connectivity index (χ3v) is 5.24. The van der Waals surface area contributed by atoms with Gasteiger partial charge in [0, 0.05) is 25.7 Å². The highest BCUT2D eigenvalue weighted by Gasteiger charge is 2.23. The first-order valence-corrected chi connectivity index (χ1v) is 9.41. The molecule has 0 spiro atoms. The lowest BCUT2D eigenvalue weighted by molar-refractivity contribution is 0.249. The minimum Gasteiger partial charge on any atom is -0.356 e. The Labute approximate surface area is 136 Å². The van der Waals surface area contributed by atoms with Gasteiger partial charge in [-0.1, -0.05) is 23.4 Å². The molecule has 2 aliphatic rings. The van der Waals surface area contributed by atoms with Gasteiger partial charge in [0.1, 0.15) is 11.0 Å². The van der Waals surface area contributed by atoms with Crippen molar-refractivity contribution in [1.82, 2.24) is 14.9 Å². The molecule has 3 heterocycles. The number of hydrogen-bond donors (Lipinski definition) is 0. The minimum atomic E-state index is 0.545. The monoisotopic (exact) mass is 326 g/mol. The molecule has 2 saturated heterocycles. The maximum Gasteiger partial charge on any atom is 0.190 e. The number of rotatable bonds is 4. The lowest BCUT2D eigenvalue weighted by atomic mass is 9.96. The van der Waals surface area contributed by atoms with Gasteiger partial charge in [0.15, 0.2) is 5.16 Å². The van der Waals surface area contributed by atoms with E-state index in [1.807, 2.05) is 12.3 Å². The van der Waals surface area contributed by atoms with Gasteiger partial charge in [0.25, 0.3) is 0 Å². The first-order valence-electron chi connectivity index (χ1n) is 7.80. The molecule has 0 unspecified atom stereocenters. The van der Waals surface area contributed by atoms with Crippen LogP contribution in [0, 0.1) is 5.92 Å². The summed E-state index contributed by atoms with van der Waals surface area (Å²) < 4.78 is 0. The SMILES string of the molecule is CSc1nc(Cl)cc(N2CCC(CN3CCCC3)CC2)n1. The predicted molar refractivity (Wildman–Crippen MR) is 89.4 cm³/mol. The smallest absolute Gasteiger partial charge is 0.190 e. The Hall–Kier alpha value is -0.520. The molecule has 0 bridgehead atoms. The van der Waals surface area contributed by atoms with E-state index >= 15 is 0 Å². The van der Waals surface area contributed by atoms with Crippen LogP contribution in [0.15, 0.2) is 11.2 Å². The van der Waals surface area contributed by atoms with E-state index in [2.05, 4.69) is 19.8 Å². The fourth-order valence-corrected chi connectivity index (χ4v) is 3.92. The van der Waals surface area contributed by atoms with Gasteiger partial charge in [0.2, 0.25) is 0 Å². The Morgan fingerprint density at radius 1 is 1.19 bits per heavy atom. The van der Waals surface area contributed by atoms with Gasteiger partial charge in [-0.25, -0.2) is 9.97 Å². The van der Waals surface area contributed by atoms with Crippen molar-refractivity contribution in [3.8, 4) is 0 Å². The van der Waals surface area contributed by atoms with Crippen molar-refractivity contribution in [1.29, 1.82) is 0 Å². The Morgan fingerprint density at radius 2 is 1.90 bits per heavy atom. The third kappa shape index (κ3) is 4.02. The van der Waals surface area contributed by atoms with Crippen LogP contribution in [0.2, 0.25) is 5.15 Å². The fourth-order valence-electron chi connectivity index (χ4n) is 3.31. The molecule has 0 amide bonds. The first kappa shape index (κ1) is 15.4. The molecule has 2 fully saturated rings. The fraction of sp³-hybridized carbons (Fsp3) is 0.733. The average Bonchev–Trinajstić information content (AvgIpc) is 3.00. The van der Waals surface area contributed by atoms with Crippen LogP contribution in [0.1, 0.15) is 25.7 Å². The molecule has 1 aromatic rings. The lowest BCUT2D eigenvalue weighted by Crippen LogP contribution is -2.38. The molecular weight excluding hydrogens is 304 g/mol. The van der Waals surface area contributed by atoms with Crippen molar-refractivity contribution in [3.63, 3.8) is 0 Å². The Balaban J connectivity index is 1.56. The highest BCUT2D eigenvalue weighted by atomic mass is 35.5. The lowest BCUT2D eigenvalue weighted by Gasteiger charge is -2.34. The van der Waals surface area contributed by atoms with E-state index in [0.717, 1.165) is 30.0 Å². The molecule has 0 N–H and O–H groups in total. The molecule has 0 radical (unpaired) electrons. The molecule has 2 aliphatic heterocycles. The van der Waals surface area contributed by atoms with Gasteiger partial charge in [-0.3, -0.25) is 0 Å². The summed E-state index contributed by atoms with van der Waals surface area (Å²) in [6, 6.07) is 1.89. The molecule has 0 aromatic carbocycles. The second-order valence-corrected chi connectivity index (χ2v) is 7.13. The molecule has 116 valence electrons. The molecule has 21 heavy (non-hydrogen) atoms. The quantitative estimate of drug-likeness (QED) is 0.482. The van der Waals surface area contributed by atoms with Crippen LogP contribution in [-0.2, 0) is 0 Å². The number of aromatic nitrogens is 2. The molecule has 0 atom stereocenters. The molecule has 0 saturated carbocycles. The van der Waals surface area contributed by atoms with Gasteiger partial charge >= 0.3 is 0 Å². The van der Waals surface area contributed by atoms with Crippen molar-refractivity contribution in [2.45, 2.75) is 30.8 Å². The number of piperidine rings is 1. The topological polar surface area (TPSA) is 32.3 Å². The highest BCUT2D eigenvalue weighted by Crippen LogP contribution is 2.26. The number of thioether (sulfide) groups is 1. The van der Waals surface area contributed by atoms with Crippen LogP contribution >= 0.6 is 23.4 Å². The zero-order valence-corrected chi connectivity index (χ0v) is 14.2. The molecular formula is C15H23ClN4S. The van der Waals surface area contributed by atoms with E-state index in [-0.39, 0.29) is 0 Å². The Morgan fingerprint density at radius 3 is 2.57 bits per heavy atom. The van der Waals surface area contributed by atoms with Crippen LogP contribution in [-0.4, -0.2) is 53.8 Å². The molecule has 6 heteroatoms. The summed E-state index contributed by atoms with van der Waals surface area (Å²) in [6.45, 7) is 6.06. The minimum absolute atomic E-state index is 0.545. The summed E-state index contributed by atoms with van der Waals surface area (Å²) in [5.74, 6) is 1.83. The van der Waals surface area contributed by atoms with Crippen molar-refractivity contribution in [3.05, 3.63) is 11.2 Å². The van der Waals surface area contributed by atoms with Gasteiger partial charge in [-0.05, 0) is 50.9 Å². The van der Waals surface area contributed by atoms with E-state index in [0.29, 0.717) is 5.15 Å². The van der Waals surface area contributed by atoms with Crippen LogP contribution in [0.3, 0.4) is 0 Å². The van der Waals surface area contributed by atoms with E-state index in [1.54, 1.807) is 11.8 Å². The van der Waals surface area contributed by atoms with E-state index < -0.39 is 0 Å². The van der Waals surface area contributed by atoms with Gasteiger partial charge in [-0.15, -0.1) is 0 Å². The summed E-state index contributed by atoms with van der Waals surface area (Å²) in [7, 11) is 0. The van der Waals surface area contributed by atoms with Gasteiger partial charge < -0.3 is 9.80 Å². The maximum atomic E-state index is 6.09. The van der Waals surface area contributed by atoms with Crippen LogP contribution in [0.4, 0.5) is 5.82 Å². The molecule has 0 aliphatic carbocycles. The molecule has 4 nitrogen and oxygen atoms in total. The zero-order chi connectivity index (χ0) is 14.7. The standard InChI is InChI=1S/C15H23ClN4S/c1-21-15-17-13(16)10-14(18-15)20-8-4-12(5-9-20)11-19-6-2-3-7-19/h10,12H,2-9,11H2,1H3.